The van der Waals surface area contributed by atoms with Crippen LogP contribution in [0.15, 0.2) is 70.3 Å². The Kier molecular flexibility index (Phi) is 4.52. The lowest BCUT2D eigenvalue weighted by Gasteiger charge is -2.30. The van der Waals surface area contributed by atoms with Crippen LogP contribution in [0.4, 0.5) is 0 Å². The first kappa shape index (κ1) is 17.7. The average molecular weight is 385 g/mol. The van der Waals surface area contributed by atoms with E-state index >= 15 is 0 Å². The summed E-state index contributed by atoms with van der Waals surface area (Å²) in [6.45, 7) is 0. The van der Waals surface area contributed by atoms with Gasteiger partial charge >= 0.3 is 0 Å². The summed E-state index contributed by atoms with van der Waals surface area (Å²) in [6.07, 6.45) is 0. The largest absolute Gasteiger partial charge is 0.497 e. The van der Waals surface area contributed by atoms with Gasteiger partial charge in [-0.25, -0.2) is 4.99 Å². The predicted molar refractivity (Wildman–Crippen MR) is 109 cm³/mol. The summed E-state index contributed by atoms with van der Waals surface area (Å²) in [7, 11) is 1.62. The normalized spacial score (nSPS) is 18.0. The molecule has 4 rings (SSSR count). The van der Waals surface area contributed by atoms with Crippen molar-refractivity contribution in [2.75, 3.05) is 7.11 Å². The minimum Gasteiger partial charge on any atom is -0.497 e. The van der Waals surface area contributed by atoms with Crippen LogP contribution in [0.2, 0.25) is 0 Å². The van der Waals surface area contributed by atoms with E-state index in [-0.39, 0.29) is 0 Å². The van der Waals surface area contributed by atoms with Crippen molar-refractivity contribution in [3.63, 3.8) is 0 Å². The molecule has 2 aliphatic rings. The highest BCUT2D eigenvalue weighted by molar-refractivity contribution is 8.16. The van der Waals surface area contributed by atoms with Gasteiger partial charge in [0.05, 0.1) is 30.0 Å². The van der Waals surface area contributed by atoms with Crippen LogP contribution in [0.3, 0.4) is 0 Å². The van der Waals surface area contributed by atoms with Gasteiger partial charge in [0.2, 0.25) is 0 Å². The van der Waals surface area contributed by atoms with Gasteiger partial charge in [-0.1, -0.05) is 23.9 Å². The maximum absolute atomic E-state index is 9.76. The second kappa shape index (κ2) is 7.15. The maximum atomic E-state index is 9.76. The first-order valence-electron chi connectivity index (χ1n) is 8.45. The molecule has 0 amide bonds. The summed E-state index contributed by atoms with van der Waals surface area (Å²) < 4.78 is 5.21. The van der Waals surface area contributed by atoms with Crippen molar-refractivity contribution in [3.05, 3.63) is 82.0 Å². The number of methoxy groups -OCH3 is 1. The van der Waals surface area contributed by atoms with E-state index in [4.69, 9.17) is 20.7 Å². The fourth-order valence-corrected chi connectivity index (χ4v) is 4.06. The third-order valence-electron chi connectivity index (χ3n) is 4.60. The Balaban J connectivity index is 1.72. The van der Waals surface area contributed by atoms with E-state index in [0.29, 0.717) is 17.0 Å². The quantitative estimate of drug-likeness (QED) is 0.865. The molecule has 0 radical (unpaired) electrons. The molecule has 0 saturated carbocycles. The van der Waals surface area contributed by atoms with Gasteiger partial charge in [0, 0.05) is 5.41 Å². The number of hydrogen-bond donors (Lipinski definition) is 1. The van der Waals surface area contributed by atoms with E-state index in [1.165, 1.54) is 11.8 Å². The molecule has 2 aromatic carbocycles. The van der Waals surface area contributed by atoms with Gasteiger partial charge in [-0.3, -0.25) is 4.90 Å². The molecule has 6 nitrogen and oxygen atoms in total. The summed E-state index contributed by atoms with van der Waals surface area (Å²) in [5, 5.41) is 21.4. The molecule has 28 heavy (non-hydrogen) atoms. The van der Waals surface area contributed by atoms with Crippen molar-refractivity contribution in [1.82, 2.24) is 4.90 Å². The average Bonchev–Trinajstić information content (AvgIpc) is 3.18. The lowest BCUT2D eigenvalue weighted by Crippen LogP contribution is -2.33. The summed E-state index contributed by atoms with van der Waals surface area (Å²) in [6, 6.07) is 18.5. The second-order valence-electron chi connectivity index (χ2n) is 6.14. The van der Waals surface area contributed by atoms with Crippen molar-refractivity contribution < 1.29 is 4.74 Å². The fraction of sp³-hybridized carbons (Fsp3) is 0.0952. The van der Waals surface area contributed by atoms with Gasteiger partial charge in [-0.15, -0.1) is 0 Å². The van der Waals surface area contributed by atoms with E-state index in [1.54, 1.807) is 19.2 Å². The van der Waals surface area contributed by atoms with Crippen LogP contribution in [-0.2, 0) is 0 Å². The number of aliphatic imine (C=N–C) groups is 1. The molecule has 0 aromatic heterocycles. The Morgan fingerprint density at radius 2 is 1.79 bits per heavy atom. The van der Waals surface area contributed by atoms with Gasteiger partial charge in [0.15, 0.2) is 5.17 Å². The van der Waals surface area contributed by atoms with Crippen LogP contribution in [0.5, 0.6) is 5.75 Å². The number of benzene rings is 2. The lowest BCUT2D eigenvalue weighted by molar-refractivity contribution is 0.414. The van der Waals surface area contributed by atoms with Crippen LogP contribution >= 0.6 is 11.8 Å². The Morgan fingerprint density at radius 1 is 1.07 bits per heavy atom. The number of amidine groups is 1. The number of fused-ring (bicyclic) bond motifs is 1. The van der Waals surface area contributed by atoms with Gasteiger partial charge in [-0.05, 0) is 47.5 Å². The van der Waals surface area contributed by atoms with E-state index in [0.717, 1.165) is 27.7 Å². The number of ether oxygens (including phenoxy) is 1. The maximum Gasteiger partial charge on any atom is 0.174 e. The summed E-state index contributed by atoms with van der Waals surface area (Å²) in [5.74, 6) is 1.14. The van der Waals surface area contributed by atoms with Crippen molar-refractivity contribution in [2.24, 2.45) is 10.7 Å². The van der Waals surface area contributed by atoms with Crippen LogP contribution in [0, 0.1) is 22.7 Å². The van der Waals surface area contributed by atoms with Crippen molar-refractivity contribution in [3.8, 4) is 17.9 Å². The number of nitrogens with zero attached hydrogens (tertiary/aromatic N) is 4. The third-order valence-corrected chi connectivity index (χ3v) is 5.44. The van der Waals surface area contributed by atoms with E-state index in [9.17, 15) is 5.26 Å². The number of thioether (sulfide) groups is 1. The molecule has 1 unspecified atom stereocenters. The molecule has 2 heterocycles. The molecule has 2 N–H and O–H groups in total. The number of nitriles is 2. The van der Waals surface area contributed by atoms with Crippen molar-refractivity contribution in [2.45, 2.75) is 6.04 Å². The zero-order chi connectivity index (χ0) is 19.7. The van der Waals surface area contributed by atoms with E-state index < -0.39 is 6.04 Å². The second-order valence-corrected chi connectivity index (χ2v) is 6.98. The summed E-state index contributed by atoms with van der Waals surface area (Å²) in [5.41, 5.74) is 10.0. The molecule has 0 spiro atoms. The van der Waals surface area contributed by atoms with Crippen molar-refractivity contribution >= 4 is 22.6 Å². The van der Waals surface area contributed by atoms with Crippen LogP contribution in [0.25, 0.3) is 5.70 Å². The standard InChI is InChI=1S/C21H15N5OS/c1-27-16-8-6-14(7-9-16)18-12-28-21-25-19(17(11-23)20(24)26(18)21)15-4-2-13(10-22)3-5-15/h2-9,12,19H,24H2,1H3. The van der Waals surface area contributed by atoms with Gasteiger partial charge < -0.3 is 10.5 Å². The molecule has 2 aromatic rings. The Labute approximate surface area is 166 Å². The highest BCUT2D eigenvalue weighted by Crippen LogP contribution is 2.43. The minimum absolute atomic E-state index is 0.369. The Morgan fingerprint density at radius 3 is 2.39 bits per heavy atom. The zero-order valence-electron chi connectivity index (χ0n) is 15.0. The third kappa shape index (κ3) is 2.88. The minimum atomic E-state index is -0.486. The molecule has 1 atom stereocenters. The van der Waals surface area contributed by atoms with Crippen LogP contribution in [0.1, 0.15) is 22.7 Å². The predicted octanol–water partition coefficient (Wildman–Crippen LogP) is 3.72. The lowest BCUT2D eigenvalue weighted by atomic mass is 9.97. The summed E-state index contributed by atoms with van der Waals surface area (Å²) in [4.78, 5) is 6.58. The molecule has 7 heteroatoms. The van der Waals surface area contributed by atoms with Gasteiger partial charge in [-0.2, -0.15) is 10.5 Å². The molecule has 0 fully saturated rings. The Hall–Kier alpha value is -3.68. The van der Waals surface area contributed by atoms with Crippen LogP contribution < -0.4 is 10.5 Å². The van der Waals surface area contributed by atoms with E-state index in [1.807, 2.05) is 46.7 Å². The Bertz CT molecular complexity index is 1100. The molecular weight excluding hydrogens is 370 g/mol. The first-order valence-corrected chi connectivity index (χ1v) is 9.33. The summed E-state index contributed by atoms with van der Waals surface area (Å²) >= 11 is 1.47. The molecule has 136 valence electrons. The van der Waals surface area contributed by atoms with E-state index in [2.05, 4.69) is 12.1 Å². The smallest absolute Gasteiger partial charge is 0.174 e. The van der Waals surface area contributed by atoms with Crippen LogP contribution in [-0.4, -0.2) is 17.2 Å². The van der Waals surface area contributed by atoms with Crippen molar-refractivity contribution in [1.29, 1.82) is 10.5 Å². The SMILES string of the molecule is COc1ccc(C2=CSC3=NC(c4ccc(C#N)cc4)C(C#N)=C(N)N23)cc1. The molecular formula is C21H15N5OS. The highest BCUT2D eigenvalue weighted by atomic mass is 32.2. The fourth-order valence-electron chi connectivity index (χ4n) is 3.13. The zero-order valence-corrected chi connectivity index (χ0v) is 15.8. The number of rotatable bonds is 3. The first-order chi connectivity index (χ1) is 13.7. The topological polar surface area (TPSA) is 98.4 Å². The van der Waals surface area contributed by atoms with Gasteiger partial charge in [0.25, 0.3) is 0 Å². The monoisotopic (exact) mass is 385 g/mol. The number of hydrogen-bond acceptors (Lipinski definition) is 7. The molecule has 0 aliphatic carbocycles. The van der Waals surface area contributed by atoms with Gasteiger partial charge in [0.1, 0.15) is 23.7 Å². The molecule has 0 saturated heterocycles. The number of nitrogens with two attached hydrogens (primary N) is 1. The molecule has 0 bridgehead atoms. The highest BCUT2D eigenvalue weighted by Gasteiger charge is 2.35. The molecule has 2 aliphatic heterocycles.